The number of rotatable bonds is 8. The smallest absolute Gasteiger partial charge is 0.271 e. The summed E-state index contributed by atoms with van der Waals surface area (Å²) in [7, 11) is -3.70. The van der Waals surface area contributed by atoms with Crippen molar-refractivity contribution in [1.29, 1.82) is 0 Å². The number of halogens is 1. The summed E-state index contributed by atoms with van der Waals surface area (Å²) >= 11 is 7.35. The number of aryl methyl sites for hydroxylation is 1. The molecule has 2 N–H and O–H groups in total. The SMILES string of the molecule is CCN(CC)CCc1c[nH]c2cc(NS(=O)(=O)c3sc4ccc(Cl)cc4c3C)ccc12. The first-order chi connectivity index (χ1) is 14.8. The Morgan fingerprint density at radius 1 is 1.10 bits per heavy atom. The summed E-state index contributed by atoms with van der Waals surface area (Å²) in [6, 6.07) is 11.1. The summed E-state index contributed by atoms with van der Waals surface area (Å²) in [6.45, 7) is 9.24. The van der Waals surface area contributed by atoms with Crippen LogP contribution in [0.2, 0.25) is 5.02 Å². The van der Waals surface area contributed by atoms with Crippen molar-refractivity contribution in [3.63, 3.8) is 0 Å². The molecule has 0 unspecified atom stereocenters. The zero-order valence-electron chi connectivity index (χ0n) is 17.8. The highest BCUT2D eigenvalue weighted by atomic mass is 35.5. The third-order valence-electron chi connectivity index (χ3n) is 5.71. The van der Waals surface area contributed by atoms with Gasteiger partial charge >= 0.3 is 0 Å². The summed E-state index contributed by atoms with van der Waals surface area (Å²) < 4.78 is 30.2. The number of nitrogens with zero attached hydrogens (tertiary/aromatic N) is 1. The van der Waals surface area contributed by atoms with Crippen LogP contribution in [0, 0.1) is 6.92 Å². The lowest BCUT2D eigenvalue weighted by molar-refractivity contribution is 0.308. The standard InChI is InChI=1S/C23H26ClN3O2S2/c1-4-27(5-2)11-10-16-14-25-21-13-18(7-8-19(16)21)26-31(28,29)23-15(3)20-12-17(24)6-9-22(20)30-23/h6-9,12-14,25-26H,4-5,10-11H2,1-3H3. The second kappa shape index (κ2) is 8.82. The van der Waals surface area contributed by atoms with Crippen LogP contribution in [0.15, 0.2) is 46.8 Å². The Bertz CT molecular complexity index is 1340. The molecule has 0 spiro atoms. The molecule has 0 saturated heterocycles. The Kier molecular flexibility index (Phi) is 6.30. The number of hydrogen-bond donors (Lipinski definition) is 2. The van der Waals surface area contributed by atoms with Gasteiger partial charge in [-0.2, -0.15) is 0 Å². The van der Waals surface area contributed by atoms with Crippen LogP contribution >= 0.6 is 22.9 Å². The van der Waals surface area contributed by atoms with E-state index in [4.69, 9.17) is 11.6 Å². The van der Waals surface area contributed by atoms with Gasteiger partial charge < -0.3 is 9.88 Å². The van der Waals surface area contributed by atoms with Crippen molar-refractivity contribution >= 4 is 59.6 Å². The second-order valence-electron chi connectivity index (χ2n) is 7.61. The number of aromatic amines is 1. The third-order valence-corrected chi connectivity index (χ3v) is 9.22. The van der Waals surface area contributed by atoms with E-state index < -0.39 is 10.0 Å². The minimum Gasteiger partial charge on any atom is -0.361 e. The number of aromatic nitrogens is 1. The highest BCUT2D eigenvalue weighted by molar-refractivity contribution is 7.94. The number of likely N-dealkylation sites (N-methyl/N-ethyl adjacent to an activating group) is 1. The molecular formula is C23H26ClN3O2S2. The number of sulfonamides is 1. The molecule has 0 amide bonds. The largest absolute Gasteiger partial charge is 0.361 e. The summed E-state index contributed by atoms with van der Waals surface area (Å²) in [4.78, 5) is 5.68. The average Bonchev–Trinajstić information content (AvgIpc) is 3.29. The van der Waals surface area contributed by atoms with Crippen molar-refractivity contribution in [3.8, 4) is 0 Å². The maximum atomic E-state index is 13.1. The van der Waals surface area contributed by atoms with E-state index in [9.17, 15) is 8.42 Å². The topological polar surface area (TPSA) is 65.2 Å². The van der Waals surface area contributed by atoms with Gasteiger partial charge in [0, 0.05) is 33.4 Å². The van der Waals surface area contributed by atoms with Crippen LogP contribution in [0.5, 0.6) is 0 Å². The zero-order chi connectivity index (χ0) is 22.2. The molecule has 0 aliphatic heterocycles. The molecule has 4 rings (SSSR count). The first-order valence-electron chi connectivity index (χ1n) is 10.4. The maximum absolute atomic E-state index is 13.1. The fourth-order valence-electron chi connectivity index (χ4n) is 3.90. The molecule has 2 heterocycles. The second-order valence-corrected chi connectivity index (χ2v) is 11.0. The molecule has 0 aliphatic rings. The summed E-state index contributed by atoms with van der Waals surface area (Å²) in [5, 5.41) is 2.60. The van der Waals surface area contributed by atoms with E-state index in [1.165, 1.54) is 16.9 Å². The molecule has 5 nitrogen and oxygen atoms in total. The molecule has 0 bridgehead atoms. The highest BCUT2D eigenvalue weighted by Crippen LogP contribution is 2.36. The fourth-order valence-corrected chi connectivity index (χ4v) is 6.87. The van der Waals surface area contributed by atoms with Crippen molar-refractivity contribution in [1.82, 2.24) is 9.88 Å². The number of nitrogens with one attached hydrogen (secondary N) is 2. The van der Waals surface area contributed by atoms with Gasteiger partial charge in [0.15, 0.2) is 0 Å². The number of hydrogen-bond acceptors (Lipinski definition) is 4. The molecule has 0 saturated carbocycles. The van der Waals surface area contributed by atoms with Crippen molar-refractivity contribution < 1.29 is 8.42 Å². The molecule has 2 aromatic heterocycles. The molecule has 0 atom stereocenters. The molecular weight excluding hydrogens is 450 g/mol. The first-order valence-corrected chi connectivity index (χ1v) is 13.0. The van der Waals surface area contributed by atoms with Crippen LogP contribution in [-0.2, 0) is 16.4 Å². The lowest BCUT2D eigenvalue weighted by Gasteiger charge is -2.17. The normalized spacial score (nSPS) is 12.3. The van der Waals surface area contributed by atoms with Gasteiger partial charge in [-0.05, 0) is 73.3 Å². The van der Waals surface area contributed by atoms with Gasteiger partial charge in [0.25, 0.3) is 10.0 Å². The molecule has 164 valence electrons. The summed E-state index contributed by atoms with van der Waals surface area (Å²) in [5.41, 5.74) is 3.43. The van der Waals surface area contributed by atoms with E-state index in [1.807, 2.05) is 43.5 Å². The lowest BCUT2D eigenvalue weighted by Crippen LogP contribution is -2.25. The van der Waals surface area contributed by atoms with Crippen LogP contribution in [0.3, 0.4) is 0 Å². The van der Waals surface area contributed by atoms with Gasteiger partial charge in [-0.15, -0.1) is 11.3 Å². The van der Waals surface area contributed by atoms with Gasteiger partial charge in [-0.1, -0.05) is 31.5 Å². The number of anilines is 1. The molecule has 8 heteroatoms. The number of H-pyrrole nitrogens is 1. The Labute approximate surface area is 192 Å². The van der Waals surface area contributed by atoms with Gasteiger partial charge in [0.2, 0.25) is 0 Å². The van der Waals surface area contributed by atoms with E-state index in [2.05, 4.69) is 28.5 Å². The van der Waals surface area contributed by atoms with Crippen LogP contribution in [0.25, 0.3) is 21.0 Å². The van der Waals surface area contributed by atoms with Gasteiger partial charge in [-0.25, -0.2) is 8.42 Å². The fraction of sp³-hybridized carbons (Fsp3) is 0.304. The van der Waals surface area contributed by atoms with E-state index in [0.717, 1.165) is 52.6 Å². The molecule has 0 aliphatic carbocycles. The number of fused-ring (bicyclic) bond motifs is 2. The third kappa shape index (κ3) is 4.46. The maximum Gasteiger partial charge on any atom is 0.271 e. The molecule has 0 fully saturated rings. The van der Waals surface area contributed by atoms with Crippen LogP contribution in [0.4, 0.5) is 5.69 Å². The minimum absolute atomic E-state index is 0.316. The predicted molar refractivity (Wildman–Crippen MR) is 132 cm³/mol. The van der Waals surface area contributed by atoms with E-state index in [-0.39, 0.29) is 0 Å². The molecule has 31 heavy (non-hydrogen) atoms. The van der Waals surface area contributed by atoms with Gasteiger partial charge in [-0.3, -0.25) is 4.72 Å². The average molecular weight is 476 g/mol. The number of thiophene rings is 1. The Balaban J connectivity index is 1.59. The van der Waals surface area contributed by atoms with Gasteiger partial charge in [0.05, 0.1) is 5.69 Å². The summed E-state index contributed by atoms with van der Waals surface area (Å²) in [6.07, 6.45) is 2.97. The summed E-state index contributed by atoms with van der Waals surface area (Å²) in [5.74, 6) is 0. The van der Waals surface area contributed by atoms with Crippen molar-refractivity contribution in [3.05, 3.63) is 58.7 Å². The predicted octanol–water partition coefficient (Wildman–Crippen LogP) is 6.03. The van der Waals surface area contributed by atoms with Gasteiger partial charge in [0.1, 0.15) is 4.21 Å². The zero-order valence-corrected chi connectivity index (χ0v) is 20.2. The van der Waals surface area contributed by atoms with E-state index in [0.29, 0.717) is 14.9 Å². The van der Waals surface area contributed by atoms with Crippen molar-refractivity contribution in [2.24, 2.45) is 0 Å². The lowest BCUT2D eigenvalue weighted by atomic mass is 10.1. The molecule has 2 aromatic carbocycles. The quantitative estimate of drug-likeness (QED) is 0.327. The van der Waals surface area contributed by atoms with E-state index in [1.54, 1.807) is 6.07 Å². The molecule has 0 radical (unpaired) electrons. The first kappa shape index (κ1) is 22.1. The van der Waals surface area contributed by atoms with E-state index >= 15 is 0 Å². The minimum atomic E-state index is -3.70. The Morgan fingerprint density at radius 3 is 2.61 bits per heavy atom. The molecule has 4 aromatic rings. The van der Waals surface area contributed by atoms with Crippen molar-refractivity contribution in [2.45, 2.75) is 31.4 Å². The van der Waals surface area contributed by atoms with Crippen molar-refractivity contribution in [2.75, 3.05) is 24.4 Å². The monoisotopic (exact) mass is 475 g/mol. The van der Waals surface area contributed by atoms with Crippen LogP contribution in [-0.4, -0.2) is 37.9 Å². The van der Waals surface area contributed by atoms with Crippen LogP contribution in [0.1, 0.15) is 25.0 Å². The number of benzene rings is 2. The van der Waals surface area contributed by atoms with Crippen LogP contribution < -0.4 is 4.72 Å². The highest BCUT2D eigenvalue weighted by Gasteiger charge is 2.22. The Hall–Kier alpha value is -2.06. The Morgan fingerprint density at radius 2 is 1.87 bits per heavy atom.